The van der Waals surface area contributed by atoms with Crippen LogP contribution >= 0.6 is 46.7 Å². The van der Waals surface area contributed by atoms with Gasteiger partial charge in [0.25, 0.3) is 0 Å². The number of thiophene rings is 1. The average molecular weight is 339 g/mol. The lowest BCUT2D eigenvalue weighted by Gasteiger charge is -1.93. The Morgan fingerprint density at radius 2 is 2.35 bits per heavy atom. The number of nitrogen functional groups attached to an aromatic ring is 1. The smallest absolute Gasteiger partial charge is 0.203 e. The first-order valence-electron chi connectivity index (χ1n) is 5.29. The third kappa shape index (κ3) is 4.01. The number of hydrogen-bond donors (Lipinski definition) is 2. The first-order valence-corrected chi connectivity index (χ1v) is 8.38. The molecule has 0 saturated heterocycles. The van der Waals surface area contributed by atoms with Gasteiger partial charge in [-0.3, -0.25) is 0 Å². The number of nitrogens with zero attached hydrogens (tertiary/aromatic N) is 3. The molecule has 4 N–H and O–H groups in total. The van der Waals surface area contributed by atoms with Crippen LogP contribution < -0.4 is 11.5 Å². The van der Waals surface area contributed by atoms with E-state index in [4.69, 9.17) is 28.9 Å². The van der Waals surface area contributed by atoms with Gasteiger partial charge >= 0.3 is 0 Å². The SMILES string of the molecule is N#CC(=Cc1cc(CSc2nnc(N)s2)cs1)C(N)=S. The Balaban J connectivity index is 2.02. The largest absolute Gasteiger partial charge is 0.389 e. The molecule has 5 nitrogen and oxygen atoms in total. The number of thiocarbonyl (C=S) groups is 1. The zero-order valence-corrected chi connectivity index (χ0v) is 13.3. The summed E-state index contributed by atoms with van der Waals surface area (Å²) in [5.74, 6) is 0.772. The van der Waals surface area contributed by atoms with Gasteiger partial charge in [-0.25, -0.2) is 0 Å². The molecule has 0 aromatic carbocycles. The summed E-state index contributed by atoms with van der Waals surface area (Å²) < 4.78 is 0.839. The number of thioether (sulfide) groups is 1. The number of anilines is 1. The molecule has 2 aromatic heterocycles. The predicted octanol–water partition coefficient (Wildman–Crippen LogP) is 2.67. The van der Waals surface area contributed by atoms with Crippen molar-refractivity contribution in [2.24, 2.45) is 5.73 Å². The Morgan fingerprint density at radius 1 is 1.55 bits per heavy atom. The molecular weight excluding hydrogens is 330 g/mol. The van der Waals surface area contributed by atoms with E-state index in [-0.39, 0.29) is 4.99 Å². The van der Waals surface area contributed by atoms with Crippen LogP contribution in [-0.2, 0) is 5.75 Å². The quantitative estimate of drug-likeness (QED) is 0.374. The van der Waals surface area contributed by atoms with Gasteiger partial charge in [0.2, 0.25) is 5.13 Å². The van der Waals surface area contributed by atoms with Gasteiger partial charge < -0.3 is 11.5 Å². The molecule has 9 heteroatoms. The van der Waals surface area contributed by atoms with Crippen molar-refractivity contribution in [3.8, 4) is 6.07 Å². The van der Waals surface area contributed by atoms with E-state index < -0.39 is 0 Å². The Labute approximate surface area is 133 Å². The number of rotatable bonds is 5. The summed E-state index contributed by atoms with van der Waals surface area (Å²) >= 11 is 9.28. The molecule has 0 radical (unpaired) electrons. The molecule has 0 aliphatic rings. The summed E-state index contributed by atoms with van der Waals surface area (Å²) in [5.41, 5.74) is 12.4. The molecule has 0 saturated carbocycles. The second-order valence-corrected chi connectivity index (χ2v) is 7.20. The van der Waals surface area contributed by atoms with Crippen LogP contribution in [-0.4, -0.2) is 15.2 Å². The van der Waals surface area contributed by atoms with Crippen LogP contribution in [0.4, 0.5) is 5.13 Å². The molecular formula is C11H9N5S4. The van der Waals surface area contributed by atoms with Gasteiger partial charge in [-0.2, -0.15) is 5.26 Å². The van der Waals surface area contributed by atoms with Crippen LogP contribution in [0.15, 0.2) is 21.4 Å². The van der Waals surface area contributed by atoms with E-state index in [0.29, 0.717) is 10.7 Å². The summed E-state index contributed by atoms with van der Waals surface area (Å²) in [5, 5.41) is 19.1. The van der Waals surface area contributed by atoms with Crippen molar-refractivity contribution in [3.05, 3.63) is 27.5 Å². The second kappa shape index (κ2) is 6.81. The predicted molar refractivity (Wildman–Crippen MR) is 88.6 cm³/mol. The van der Waals surface area contributed by atoms with Crippen molar-refractivity contribution in [3.63, 3.8) is 0 Å². The lowest BCUT2D eigenvalue weighted by Crippen LogP contribution is -2.09. The maximum atomic E-state index is 8.91. The Kier molecular flexibility index (Phi) is 5.08. The lowest BCUT2D eigenvalue weighted by atomic mass is 10.2. The lowest BCUT2D eigenvalue weighted by molar-refractivity contribution is 1.02. The molecule has 20 heavy (non-hydrogen) atoms. The highest BCUT2D eigenvalue weighted by Gasteiger charge is 2.05. The number of aromatic nitrogens is 2. The second-order valence-electron chi connectivity index (χ2n) is 3.59. The van der Waals surface area contributed by atoms with E-state index in [1.54, 1.807) is 17.8 Å². The van der Waals surface area contributed by atoms with Crippen LogP contribution in [0, 0.1) is 11.3 Å². The minimum absolute atomic E-state index is 0.112. The van der Waals surface area contributed by atoms with Crippen LogP contribution in [0.1, 0.15) is 10.4 Å². The zero-order chi connectivity index (χ0) is 14.5. The van der Waals surface area contributed by atoms with Gasteiger partial charge in [0.1, 0.15) is 11.1 Å². The Hall–Kier alpha value is -1.47. The molecule has 2 aromatic rings. The highest BCUT2D eigenvalue weighted by molar-refractivity contribution is 8.00. The maximum absolute atomic E-state index is 8.91. The van der Waals surface area contributed by atoms with E-state index in [2.05, 4.69) is 10.2 Å². The van der Waals surface area contributed by atoms with E-state index in [9.17, 15) is 0 Å². The summed E-state index contributed by atoms with van der Waals surface area (Å²) in [4.78, 5) is 1.06. The molecule has 102 valence electrons. The topological polar surface area (TPSA) is 102 Å². The van der Waals surface area contributed by atoms with Crippen molar-refractivity contribution >= 4 is 62.8 Å². The molecule has 0 aliphatic carbocycles. The molecule has 0 atom stereocenters. The monoisotopic (exact) mass is 339 g/mol. The van der Waals surface area contributed by atoms with Crippen molar-refractivity contribution in [2.75, 3.05) is 5.73 Å². The van der Waals surface area contributed by atoms with Gasteiger partial charge in [0.15, 0.2) is 4.34 Å². The normalized spacial score (nSPS) is 11.2. The highest BCUT2D eigenvalue weighted by atomic mass is 32.2. The fourth-order valence-electron chi connectivity index (χ4n) is 1.27. The summed E-state index contributed by atoms with van der Waals surface area (Å²) in [6.45, 7) is 0. The first-order chi connectivity index (χ1) is 9.58. The zero-order valence-electron chi connectivity index (χ0n) is 10.1. The third-order valence-electron chi connectivity index (χ3n) is 2.13. The summed E-state index contributed by atoms with van der Waals surface area (Å²) in [6.07, 6.45) is 1.70. The van der Waals surface area contributed by atoms with Crippen molar-refractivity contribution in [1.82, 2.24) is 10.2 Å². The number of nitrogens with two attached hydrogens (primary N) is 2. The summed E-state index contributed by atoms with van der Waals surface area (Å²) in [7, 11) is 0. The van der Waals surface area contributed by atoms with Gasteiger partial charge in [-0.05, 0) is 23.1 Å². The van der Waals surface area contributed by atoms with E-state index in [1.165, 1.54) is 22.7 Å². The van der Waals surface area contributed by atoms with E-state index >= 15 is 0 Å². The van der Waals surface area contributed by atoms with Crippen LogP contribution in [0.3, 0.4) is 0 Å². The van der Waals surface area contributed by atoms with E-state index in [1.807, 2.05) is 17.5 Å². The molecule has 0 unspecified atom stereocenters. The number of nitriles is 1. The van der Waals surface area contributed by atoms with E-state index in [0.717, 1.165) is 20.5 Å². The van der Waals surface area contributed by atoms with Gasteiger partial charge in [-0.15, -0.1) is 21.5 Å². The minimum Gasteiger partial charge on any atom is -0.389 e. The van der Waals surface area contributed by atoms with Crippen LogP contribution in [0.25, 0.3) is 6.08 Å². The van der Waals surface area contributed by atoms with Crippen molar-refractivity contribution in [1.29, 1.82) is 5.26 Å². The number of hydrogen-bond acceptors (Lipinski definition) is 8. The third-order valence-corrected chi connectivity index (χ3v) is 5.24. The Bertz CT molecular complexity index is 694. The maximum Gasteiger partial charge on any atom is 0.203 e. The fraction of sp³-hybridized carbons (Fsp3) is 0.0909. The molecule has 0 fully saturated rings. The average Bonchev–Trinajstić information content (AvgIpc) is 3.02. The molecule has 2 heterocycles. The fourth-order valence-corrected chi connectivity index (χ4v) is 3.89. The van der Waals surface area contributed by atoms with Crippen molar-refractivity contribution in [2.45, 2.75) is 10.1 Å². The molecule has 0 spiro atoms. The van der Waals surface area contributed by atoms with Gasteiger partial charge in [-0.1, -0.05) is 35.3 Å². The van der Waals surface area contributed by atoms with Crippen LogP contribution in [0.5, 0.6) is 0 Å². The van der Waals surface area contributed by atoms with Crippen molar-refractivity contribution < 1.29 is 0 Å². The molecule has 0 amide bonds. The Morgan fingerprint density at radius 3 is 2.95 bits per heavy atom. The molecule has 0 bridgehead atoms. The highest BCUT2D eigenvalue weighted by Crippen LogP contribution is 2.29. The van der Waals surface area contributed by atoms with Gasteiger partial charge in [0.05, 0.1) is 5.57 Å². The van der Waals surface area contributed by atoms with Gasteiger partial charge in [0, 0.05) is 10.6 Å². The standard InChI is InChI=1S/C11H9N5S4/c12-3-7(9(13)17)2-8-1-6(4-18-8)5-19-11-16-15-10(14)20-11/h1-2,4H,5H2,(H2,13,17)(H2,14,15). The first kappa shape index (κ1) is 14.9. The molecule has 0 aliphatic heterocycles. The minimum atomic E-state index is 0.112. The molecule has 2 rings (SSSR count). The summed E-state index contributed by atoms with van der Waals surface area (Å²) in [6, 6.07) is 3.98. The van der Waals surface area contributed by atoms with Crippen LogP contribution in [0.2, 0.25) is 0 Å².